The lowest BCUT2D eigenvalue weighted by atomic mass is 9.96. The summed E-state index contributed by atoms with van der Waals surface area (Å²) in [5, 5.41) is 8.43. The zero-order valence-corrected chi connectivity index (χ0v) is 15.2. The smallest absolute Gasteiger partial charge is 0.426 e. The van der Waals surface area contributed by atoms with Gasteiger partial charge in [-0.1, -0.05) is 48.7 Å². The first kappa shape index (κ1) is 21.2. The third-order valence-corrected chi connectivity index (χ3v) is 3.66. The van der Waals surface area contributed by atoms with Crippen molar-refractivity contribution in [3.05, 3.63) is 33.3 Å². The monoisotopic (exact) mass is 406 g/mol. The van der Waals surface area contributed by atoms with Gasteiger partial charge >= 0.3 is 6.18 Å². The van der Waals surface area contributed by atoms with Crippen molar-refractivity contribution in [3.63, 3.8) is 0 Å². The molecule has 0 radical (unpaired) electrons. The van der Waals surface area contributed by atoms with Gasteiger partial charge in [-0.25, -0.2) is 0 Å². The second kappa shape index (κ2) is 8.52. The predicted molar refractivity (Wildman–Crippen MR) is 88.2 cm³/mol. The summed E-state index contributed by atoms with van der Waals surface area (Å²) in [6, 6.07) is 2.58. The number of phenols is 1. The Bertz CT molecular complexity index is 578. The molecule has 136 valence electrons. The van der Waals surface area contributed by atoms with E-state index in [-0.39, 0.29) is 41.4 Å². The molecule has 0 spiro atoms. The van der Waals surface area contributed by atoms with Gasteiger partial charge in [-0.2, -0.15) is 13.2 Å². The van der Waals surface area contributed by atoms with Crippen LogP contribution in [0, 0.1) is 5.41 Å². The van der Waals surface area contributed by atoms with Crippen molar-refractivity contribution in [1.82, 2.24) is 0 Å². The fraction of sp³-hybridized carbons (Fsp3) is 0.467. The van der Waals surface area contributed by atoms with Crippen LogP contribution in [0.15, 0.2) is 23.2 Å². The average molecular weight is 408 g/mol. The van der Waals surface area contributed by atoms with Crippen LogP contribution >= 0.6 is 34.8 Å². The van der Waals surface area contributed by atoms with Crippen molar-refractivity contribution in [2.45, 2.75) is 20.0 Å². The molecular formula is C15H16Cl3F3O3. The number of benzene rings is 1. The molecule has 0 fully saturated rings. The number of hydrogen-bond donors (Lipinski definition) is 1. The fourth-order valence-electron chi connectivity index (χ4n) is 1.58. The lowest BCUT2D eigenvalue weighted by Crippen LogP contribution is -2.27. The van der Waals surface area contributed by atoms with E-state index >= 15 is 0 Å². The summed E-state index contributed by atoms with van der Waals surface area (Å²) in [7, 11) is 0. The van der Waals surface area contributed by atoms with Crippen LogP contribution in [0.1, 0.15) is 13.8 Å². The Kier molecular flexibility index (Phi) is 7.53. The molecule has 3 nitrogen and oxygen atoms in total. The molecule has 1 aromatic carbocycles. The molecule has 0 unspecified atom stereocenters. The quantitative estimate of drug-likeness (QED) is 0.580. The molecule has 1 aromatic rings. The van der Waals surface area contributed by atoms with Crippen LogP contribution in [0.2, 0.25) is 10.0 Å². The Morgan fingerprint density at radius 3 is 2.21 bits per heavy atom. The van der Waals surface area contributed by atoms with Crippen LogP contribution in [0.5, 0.6) is 11.5 Å². The number of phenolic OH excluding ortho intramolecular Hbond substituents is 1. The molecule has 0 heterocycles. The maximum atomic E-state index is 12.2. The Hall–Kier alpha value is -0.820. The van der Waals surface area contributed by atoms with E-state index in [0.717, 1.165) is 6.08 Å². The molecule has 0 aliphatic carbocycles. The largest absolute Gasteiger partial charge is 0.508 e. The Balaban J connectivity index is 2.53. The molecule has 1 rings (SSSR count). The molecule has 1 N–H and O–H groups in total. The van der Waals surface area contributed by atoms with Crippen LogP contribution in [0.25, 0.3) is 0 Å². The molecule has 0 amide bonds. The standard InChI is InChI=1S/C15H16Cl3F3O3/c1-14(2,7-23-4-3-12(18)15(19,20)21)8-24-13-10(16)5-9(22)6-11(13)17/h3,5-6,22H,4,7-8H2,1-2H3/b12-3-. The van der Waals surface area contributed by atoms with Gasteiger partial charge in [0.25, 0.3) is 0 Å². The van der Waals surface area contributed by atoms with Crippen molar-refractivity contribution >= 4 is 34.8 Å². The molecule has 0 bridgehead atoms. The lowest BCUT2D eigenvalue weighted by Gasteiger charge is -2.25. The minimum atomic E-state index is -4.57. The SMILES string of the molecule is CC(C)(COC/C=C(\Cl)C(F)(F)F)COc1c(Cl)cc(O)cc1Cl. The summed E-state index contributed by atoms with van der Waals surface area (Å²) in [5.74, 6) is 0.123. The van der Waals surface area contributed by atoms with Crippen LogP contribution in [0.4, 0.5) is 13.2 Å². The van der Waals surface area contributed by atoms with E-state index < -0.39 is 16.6 Å². The van der Waals surface area contributed by atoms with Crippen molar-refractivity contribution in [3.8, 4) is 11.5 Å². The highest BCUT2D eigenvalue weighted by Crippen LogP contribution is 2.37. The van der Waals surface area contributed by atoms with Crippen molar-refractivity contribution in [2.75, 3.05) is 19.8 Å². The first-order valence-corrected chi connectivity index (χ1v) is 7.87. The number of allylic oxidation sites excluding steroid dienone is 1. The molecule has 0 aliphatic heterocycles. The summed E-state index contributed by atoms with van der Waals surface area (Å²) >= 11 is 17.0. The van der Waals surface area contributed by atoms with E-state index in [0.29, 0.717) is 0 Å². The Morgan fingerprint density at radius 2 is 1.71 bits per heavy atom. The third-order valence-electron chi connectivity index (χ3n) is 2.73. The van der Waals surface area contributed by atoms with Gasteiger partial charge in [0.2, 0.25) is 0 Å². The highest BCUT2D eigenvalue weighted by atomic mass is 35.5. The molecule has 24 heavy (non-hydrogen) atoms. The molecule has 0 saturated carbocycles. The first-order chi connectivity index (χ1) is 10.9. The second-order valence-corrected chi connectivity index (χ2v) is 6.98. The van der Waals surface area contributed by atoms with Gasteiger partial charge in [-0.05, 0) is 6.08 Å². The third kappa shape index (κ3) is 6.97. The van der Waals surface area contributed by atoms with Crippen LogP contribution in [-0.4, -0.2) is 31.1 Å². The number of halogens is 6. The highest BCUT2D eigenvalue weighted by molar-refractivity contribution is 6.37. The van der Waals surface area contributed by atoms with E-state index in [1.165, 1.54) is 12.1 Å². The number of ether oxygens (including phenoxy) is 2. The Labute approximate surface area is 152 Å². The van der Waals surface area contributed by atoms with Gasteiger partial charge in [0.15, 0.2) is 5.75 Å². The van der Waals surface area contributed by atoms with Crippen molar-refractivity contribution < 1.29 is 27.8 Å². The molecule has 0 aromatic heterocycles. The van der Waals surface area contributed by atoms with Gasteiger partial charge in [-0.15, -0.1) is 0 Å². The topological polar surface area (TPSA) is 38.7 Å². The number of rotatable bonds is 7. The predicted octanol–water partition coefficient (Wildman–Crippen LogP) is 5.81. The summed E-state index contributed by atoms with van der Waals surface area (Å²) in [6.07, 6.45) is -3.82. The number of hydrogen-bond acceptors (Lipinski definition) is 3. The highest BCUT2D eigenvalue weighted by Gasteiger charge is 2.32. The summed E-state index contributed by atoms with van der Waals surface area (Å²) in [5.41, 5.74) is -0.525. The minimum absolute atomic E-state index is 0.0896. The van der Waals surface area contributed by atoms with Gasteiger partial charge in [0.1, 0.15) is 10.8 Å². The van der Waals surface area contributed by atoms with E-state index in [2.05, 4.69) is 0 Å². The summed E-state index contributed by atoms with van der Waals surface area (Å²) in [6.45, 7) is 3.59. The molecule has 0 atom stereocenters. The lowest BCUT2D eigenvalue weighted by molar-refractivity contribution is -0.0852. The van der Waals surface area contributed by atoms with Gasteiger partial charge in [0.05, 0.1) is 29.9 Å². The van der Waals surface area contributed by atoms with Crippen molar-refractivity contribution in [1.29, 1.82) is 0 Å². The maximum absolute atomic E-state index is 12.2. The summed E-state index contributed by atoms with van der Waals surface area (Å²) < 4.78 is 47.3. The molecule has 0 saturated heterocycles. The minimum Gasteiger partial charge on any atom is -0.508 e. The van der Waals surface area contributed by atoms with Gasteiger partial charge in [-0.3, -0.25) is 0 Å². The maximum Gasteiger partial charge on any atom is 0.426 e. The number of alkyl halides is 3. The van der Waals surface area contributed by atoms with Crippen LogP contribution in [0.3, 0.4) is 0 Å². The second-order valence-electron chi connectivity index (χ2n) is 5.76. The zero-order valence-electron chi connectivity index (χ0n) is 12.9. The van der Waals surface area contributed by atoms with E-state index in [1.54, 1.807) is 13.8 Å². The van der Waals surface area contributed by atoms with Crippen LogP contribution in [-0.2, 0) is 4.74 Å². The van der Waals surface area contributed by atoms with E-state index in [4.69, 9.17) is 44.3 Å². The molecule has 9 heteroatoms. The van der Waals surface area contributed by atoms with Gasteiger partial charge < -0.3 is 14.6 Å². The van der Waals surface area contributed by atoms with Crippen molar-refractivity contribution in [2.24, 2.45) is 5.41 Å². The fourth-order valence-corrected chi connectivity index (χ4v) is 2.22. The Morgan fingerprint density at radius 1 is 1.17 bits per heavy atom. The van der Waals surface area contributed by atoms with Gasteiger partial charge in [0, 0.05) is 17.5 Å². The summed E-state index contributed by atoms with van der Waals surface area (Å²) in [4.78, 5) is 0. The molecular weight excluding hydrogens is 392 g/mol. The number of aromatic hydroxyl groups is 1. The average Bonchev–Trinajstić information content (AvgIpc) is 2.41. The molecule has 0 aliphatic rings. The van der Waals surface area contributed by atoms with E-state index in [1.807, 2.05) is 0 Å². The van der Waals surface area contributed by atoms with Crippen LogP contribution < -0.4 is 4.74 Å². The normalized spacial score (nSPS) is 13.2. The van der Waals surface area contributed by atoms with E-state index in [9.17, 15) is 18.3 Å². The first-order valence-electron chi connectivity index (χ1n) is 6.74. The zero-order chi connectivity index (χ0) is 18.5.